The molecule has 0 spiro atoms. The van der Waals surface area contributed by atoms with Crippen molar-refractivity contribution in [1.82, 2.24) is 39.5 Å². The van der Waals surface area contributed by atoms with Crippen LogP contribution in [0.1, 0.15) is 25.5 Å². The molecule has 0 aliphatic heterocycles. The van der Waals surface area contributed by atoms with E-state index in [1.807, 2.05) is 31.4 Å². The van der Waals surface area contributed by atoms with Crippen LogP contribution in [-0.2, 0) is 7.05 Å². The number of rotatable bonds is 10. The van der Waals surface area contributed by atoms with Crippen LogP contribution in [-0.4, -0.2) is 66.1 Å². The SMILES string of the molecule is COc1ccc(C(C)C(C)SNc2nnc(-c3ccn(C)n3)n2-c2c(OC)ncnc2OC)nc1. The zero-order chi connectivity index (χ0) is 24.9. The van der Waals surface area contributed by atoms with Crippen molar-refractivity contribution in [3.8, 4) is 34.7 Å². The minimum Gasteiger partial charge on any atom is -0.495 e. The van der Waals surface area contributed by atoms with Crippen molar-refractivity contribution in [1.29, 1.82) is 0 Å². The highest BCUT2D eigenvalue weighted by Crippen LogP contribution is 2.36. The van der Waals surface area contributed by atoms with Crippen molar-refractivity contribution >= 4 is 17.9 Å². The summed E-state index contributed by atoms with van der Waals surface area (Å²) in [6.07, 6.45) is 4.93. The second-order valence-electron chi connectivity index (χ2n) is 7.63. The van der Waals surface area contributed by atoms with Gasteiger partial charge in [-0.3, -0.25) is 14.4 Å². The first kappa shape index (κ1) is 24.3. The number of aryl methyl sites for hydroxylation is 1. The van der Waals surface area contributed by atoms with Gasteiger partial charge in [0.1, 0.15) is 17.8 Å². The molecule has 0 aliphatic carbocycles. The molecule has 4 heterocycles. The molecule has 35 heavy (non-hydrogen) atoms. The second kappa shape index (κ2) is 10.6. The molecule has 4 aromatic heterocycles. The molecule has 0 saturated carbocycles. The zero-order valence-electron chi connectivity index (χ0n) is 20.3. The predicted octanol–water partition coefficient (Wildman–Crippen LogP) is 3.13. The molecule has 0 bridgehead atoms. The third-order valence-electron chi connectivity index (χ3n) is 5.47. The van der Waals surface area contributed by atoms with Gasteiger partial charge in [0.2, 0.25) is 17.7 Å². The van der Waals surface area contributed by atoms with Crippen LogP contribution in [0.4, 0.5) is 5.95 Å². The lowest BCUT2D eigenvalue weighted by Gasteiger charge is -2.20. The summed E-state index contributed by atoms with van der Waals surface area (Å²) in [5.74, 6) is 2.43. The predicted molar refractivity (Wildman–Crippen MR) is 132 cm³/mol. The Morgan fingerprint density at radius 3 is 2.26 bits per heavy atom. The Morgan fingerprint density at radius 2 is 1.69 bits per heavy atom. The van der Waals surface area contributed by atoms with Crippen LogP contribution >= 0.6 is 11.9 Å². The number of hydrogen-bond donors (Lipinski definition) is 1. The van der Waals surface area contributed by atoms with Crippen molar-refractivity contribution in [3.05, 3.63) is 42.6 Å². The summed E-state index contributed by atoms with van der Waals surface area (Å²) in [5.41, 5.74) is 2.04. The highest BCUT2D eigenvalue weighted by Gasteiger charge is 2.26. The van der Waals surface area contributed by atoms with Gasteiger partial charge >= 0.3 is 0 Å². The third-order valence-corrected chi connectivity index (χ3v) is 6.55. The van der Waals surface area contributed by atoms with Gasteiger partial charge in [0, 0.05) is 30.1 Å². The van der Waals surface area contributed by atoms with Crippen molar-refractivity contribution in [3.63, 3.8) is 0 Å². The van der Waals surface area contributed by atoms with Crippen LogP contribution in [0.25, 0.3) is 17.2 Å². The molecule has 0 fully saturated rings. The van der Waals surface area contributed by atoms with E-state index in [4.69, 9.17) is 14.2 Å². The quantitative estimate of drug-likeness (QED) is 0.325. The second-order valence-corrected chi connectivity index (χ2v) is 8.82. The molecule has 0 aromatic carbocycles. The molecule has 2 unspecified atom stereocenters. The van der Waals surface area contributed by atoms with Crippen LogP contribution in [0, 0.1) is 0 Å². The number of nitrogens with one attached hydrogen (secondary N) is 1. The monoisotopic (exact) mass is 497 g/mol. The lowest BCUT2D eigenvalue weighted by atomic mass is 10.0. The Kier molecular flexibility index (Phi) is 7.34. The van der Waals surface area contributed by atoms with Gasteiger partial charge in [-0.05, 0) is 30.1 Å². The Bertz CT molecular complexity index is 1250. The molecule has 2 atom stereocenters. The summed E-state index contributed by atoms with van der Waals surface area (Å²) in [4.78, 5) is 13.0. The summed E-state index contributed by atoms with van der Waals surface area (Å²) >= 11 is 1.50. The van der Waals surface area contributed by atoms with Gasteiger partial charge in [-0.25, -0.2) is 4.57 Å². The number of ether oxygens (including phenoxy) is 3. The maximum atomic E-state index is 5.52. The molecule has 1 N–H and O–H groups in total. The normalized spacial score (nSPS) is 12.7. The average molecular weight is 498 g/mol. The minimum atomic E-state index is 0.134. The van der Waals surface area contributed by atoms with Gasteiger partial charge in [0.25, 0.3) is 0 Å². The fourth-order valence-corrected chi connectivity index (χ4v) is 4.14. The lowest BCUT2D eigenvalue weighted by Crippen LogP contribution is -2.14. The zero-order valence-corrected chi connectivity index (χ0v) is 21.1. The number of aromatic nitrogens is 8. The van der Waals surface area contributed by atoms with E-state index in [1.165, 1.54) is 32.5 Å². The van der Waals surface area contributed by atoms with Crippen molar-refractivity contribution in [2.45, 2.75) is 25.0 Å². The number of methoxy groups -OCH3 is 3. The summed E-state index contributed by atoms with van der Waals surface area (Å²) in [6.45, 7) is 4.23. The summed E-state index contributed by atoms with van der Waals surface area (Å²) in [5, 5.41) is 13.4. The molecular weight excluding hydrogens is 470 g/mol. The summed E-state index contributed by atoms with van der Waals surface area (Å²) in [7, 11) is 6.52. The van der Waals surface area contributed by atoms with Crippen molar-refractivity contribution < 1.29 is 14.2 Å². The number of nitrogens with zero attached hydrogens (tertiary/aromatic N) is 8. The van der Waals surface area contributed by atoms with Gasteiger partial charge in [-0.15, -0.1) is 10.2 Å². The van der Waals surface area contributed by atoms with E-state index >= 15 is 0 Å². The molecular formula is C22H27N9O3S. The summed E-state index contributed by atoms with van der Waals surface area (Å²) in [6, 6.07) is 5.73. The first-order valence-corrected chi connectivity index (χ1v) is 11.6. The van der Waals surface area contributed by atoms with E-state index < -0.39 is 0 Å². The van der Waals surface area contributed by atoms with Gasteiger partial charge in [-0.1, -0.05) is 13.8 Å². The molecule has 4 aromatic rings. The lowest BCUT2D eigenvalue weighted by molar-refractivity contribution is 0.368. The molecule has 0 amide bonds. The molecule has 0 radical (unpaired) electrons. The minimum absolute atomic E-state index is 0.134. The van der Waals surface area contributed by atoms with Crippen molar-refractivity contribution in [2.75, 3.05) is 26.1 Å². The average Bonchev–Trinajstić information content (AvgIpc) is 3.51. The Labute approximate surface area is 207 Å². The maximum Gasteiger partial charge on any atom is 0.245 e. The number of pyridine rings is 1. The molecule has 4 rings (SSSR count). The Hall–Kier alpha value is -3.87. The van der Waals surface area contributed by atoms with E-state index in [1.54, 1.807) is 22.6 Å². The van der Waals surface area contributed by atoms with E-state index in [0.29, 0.717) is 34.9 Å². The highest BCUT2D eigenvalue weighted by atomic mass is 32.2. The standard InChI is InChI=1S/C22H27N9O3S/c1-13(16-8-7-15(32-4)11-23-16)14(2)35-29-22-27-26-19(17-9-10-30(3)28-17)31(22)18-20(33-5)24-12-25-21(18)34-6/h7-14H,1-6H3,(H,27,29). The van der Waals surface area contributed by atoms with Crippen LogP contribution in [0.15, 0.2) is 36.9 Å². The smallest absolute Gasteiger partial charge is 0.245 e. The molecule has 13 heteroatoms. The first-order chi connectivity index (χ1) is 17.0. The molecule has 184 valence electrons. The van der Waals surface area contributed by atoms with E-state index in [-0.39, 0.29) is 11.2 Å². The highest BCUT2D eigenvalue weighted by molar-refractivity contribution is 8.01. The number of anilines is 1. The fourth-order valence-electron chi connectivity index (χ4n) is 3.37. The number of hydrogen-bond acceptors (Lipinski definition) is 11. The largest absolute Gasteiger partial charge is 0.495 e. The van der Waals surface area contributed by atoms with Gasteiger partial charge in [0.05, 0.1) is 27.5 Å². The van der Waals surface area contributed by atoms with Gasteiger partial charge < -0.3 is 14.2 Å². The van der Waals surface area contributed by atoms with Crippen LogP contribution in [0.3, 0.4) is 0 Å². The molecule has 12 nitrogen and oxygen atoms in total. The molecule has 0 aliphatic rings. The first-order valence-electron chi connectivity index (χ1n) is 10.8. The van der Waals surface area contributed by atoms with Crippen molar-refractivity contribution in [2.24, 2.45) is 7.05 Å². The van der Waals surface area contributed by atoms with Crippen LogP contribution in [0.2, 0.25) is 0 Å². The van der Waals surface area contributed by atoms with Crippen LogP contribution < -0.4 is 18.9 Å². The Morgan fingerprint density at radius 1 is 0.943 bits per heavy atom. The fraction of sp³-hybridized carbons (Fsp3) is 0.364. The van der Waals surface area contributed by atoms with Gasteiger partial charge in [0.15, 0.2) is 11.5 Å². The van der Waals surface area contributed by atoms with Gasteiger partial charge in [-0.2, -0.15) is 15.1 Å². The van der Waals surface area contributed by atoms with Crippen LogP contribution in [0.5, 0.6) is 17.5 Å². The third kappa shape index (κ3) is 4.99. The molecule has 0 saturated heterocycles. The summed E-state index contributed by atoms with van der Waals surface area (Å²) < 4.78 is 23.0. The van der Waals surface area contributed by atoms with E-state index in [2.05, 4.69) is 48.8 Å². The van der Waals surface area contributed by atoms with E-state index in [9.17, 15) is 0 Å². The maximum absolute atomic E-state index is 5.52. The topological polar surface area (TPSA) is 127 Å². The van der Waals surface area contributed by atoms with E-state index in [0.717, 1.165) is 11.4 Å². The Balaban J connectivity index is 1.68.